The Morgan fingerprint density at radius 3 is 2.72 bits per heavy atom. The smallest absolute Gasteiger partial charge is 0.162 e. The van der Waals surface area contributed by atoms with Crippen LogP contribution in [0.15, 0.2) is 22.7 Å². The van der Waals surface area contributed by atoms with Gasteiger partial charge in [0.2, 0.25) is 0 Å². The van der Waals surface area contributed by atoms with Crippen LogP contribution in [0.4, 0.5) is 4.39 Å². The second-order valence-corrected chi connectivity index (χ2v) is 5.69. The second-order valence-electron chi connectivity index (χ2n) is 4.84. The van der Waals surface area contributed by atoms with Crippen LogP contribution in [0, 0.1) is 5.82 Å². The normalized spacial score (nSPS) is 20.0. The van der Waals surface area contributed by atoms with Crippen molar-refractivity contribution in [2.45, 2.75) is 32.2 Å². The van der Waals surface area contributed by atoms with E-state index in [9.17, 15) is 4.39 Å². The molecule has 0 bridgehead atoms. The largest absolute Gasteiger partial charge is 0.349 e. The zero-order valence-electron chi connectivity index (χ0n) is 10.5. The maximum Gasteiger partial charge on any atom is 0.162 e. The quantitative estimate of drug-likeness (QED) is 0.930. The topological polar surface area (TPSA) is 30.5 Å². The van der Waals surface area contributed by atoms with Crippen LogP contribution in [-0.2, 0) is 16.0 Å². The summed E-state index contributed by atoms with van der Waals surface area (Å²) >= 11 is 3.40. The molecular formula is C13H17BrFNO2. The Morgan fingerprint density at radius 1 is 1.39 bits per heavy atom. The van der Waals surface area contributed by atoms with E-state index in [1.54, 1.807) is 6.07 Å². The van der Waals surface area contributed by atoms with Crippen LogP contribution in [-0.4, -0.2) is 25.0 Å². The Kier molecular flexibility index (Phi) is 4.37. The molecule has 0 atom stereocenters. The van der Waals surface area contributed by atoms with Crippen molar-refractivity contribution in [1.29, 1.82) is 0 Å². The van der Waals surface area contributed by atoms with E-state index >= 15 is 0 Å². The van der Waals surface area contributed by atoms with Gasteiger partial charge in [-0.25, -0.2) is 4.39 Å². The number of nitrogens with one attached hydrogen (secondary N) is 1. The highest BCUT2D eigenvalue weighted by molar-refractivity contribution is 9.10. The van der Waals surface area contributed by atoms with Gasteiger partial charge in [0.15, 0.2) is 5.79 Å². The summed E-state index contributed by atoms with van der Waals surface area (Å²) < 4.78 is 25.1. The maximum absolute atomic E-state index is 13.1. The summed E-state index contributed by atoms with van der Waals surface area (Å²) in [5, 5.41) is 3.30. The molecule has 0 unspecified atom stereocenters. The fraction of sp³-hybridized carbons (Fsp3) is 0.538. The van der Waals surface area contributed by atoms with E-state index in [0.717, 1.165) is 10.0 Å². The molecule has 3 nitrogen and oxygen atoms in total. The third kappa shape index (κ3) is 3.75. The lowest BCUT2D eigenvalue weighted by Crippen LogP contribution is -2.48. The van der Waals surface area contributed by atoms with Gasteiger partial charge in [0.1, 0.15) is 5.82 Å². The molecule has 1 aliphatic rings. The summed E-state index contributed by atoms with van der Waals surface area (Å²) in [5.74, 6) is -0.732. The number of rotatable bonds is 3. The predicted molar refractivity (Wildman–Crippen MR) is 70.7 cm³/mol. The van der Waals surface area contributed by atoms with Gasteiger partial charge in [-0.2, -0.15) is 0 Å². The van der Waals surface area contributed by atoms with E-state index in [2.05, 4.69) is 21.2 Å². The Hall–Kier alpha value is -0.490. The zero-order chi connectivity index (χ0) is 13.2. The van der Waals surface area contributed by atoms with E-state index in [4.69, 9.17) is 9.47 Å². The first-order chi connectivity index (χ1) is 8.46. The maximum atomic E-state index is 13.1. The lowest BCUT2D eigenvalue weighted by Gasteiger charge is -2.35. The molecule has 0 radical (unpaired) electrons. The molecule has 18 heavy (non-hydrogen) atoms. The minimum absolute atomic E-state index is 0.133. The van der Waals surface area contributed by atoms with E-state index < -0.39 is 5.79 Å². The van der Waals surface area contributed by atoms with Crippen LogP contribution in [0.2, 0.25) is 0 Å². The Bertz CT molecular complexity index is 415. The van der Waals surface area contributed by atoms with Crippen molar-refractivity contribution in [1.82, 2.24) is 5.32 Å². The van der Waals surface area contributed by atoms with Gasteiger partial charge in [0.05, 0.1) is 19.3 Å². The number of halogens is 2. The molecule has 1 N–H and O–H groups in total. The first-order valence-electron chi connectivity index (χ1n) is 5.91. The summed E-state index contributed by atoms with van der Waals surface area (Å²) in [4.78, 5) is 0. The van der Waals surface area contributed by atoms with Crippen LogP contribution in [0.25, 0.3) is 0 Å². The summed E-state index contributed by atoms with van der Waals surface area (Å²) in [6, 6.07) is 4.80. The van der Waals surface area contributed by atoms with Gasteiger partial charge in [-0.3, -0.25) is 0 Å². The molecule has 1 heterocycles. The molecule has 0 saturated carbocycles. The van der Waals surface area contributed by atoms with Crippen molar-refractivity contribution in [3.05, 3.63) is 34.1 Å². The SMILES string of the molecule is CC1(C)OCC(NCc2cc(F)ccc2Br)CO1. The molecular weight excluding hydrogens is 301 g/mol. The Morgan fingerprint density at radius 2 is 2.06 bits per heavy atom. The summed E-state index contributed by atoms with van der Waals surface area (Å²) in [6.45, 7) is 5.56. The lowest BCUT2D eigenvalue weighted by atomic mass is 10.2. The van der Waals surface area contributed by atoms with Crippen molar-refractivity contribution in [2.75, 3.05) is 13.2 Å². The zero-order valence-corrected chi connectivity index (χ0v) is 12.1. The average molecular weight is 318 g/mol. The summed E-state index contributed by atoms with van der Waals surface area (Å²) in [5.41, 5.74) is 0.889. The Balaban J connectivity index is 1.87. The lowest BCUT2D eigenvalue weighted by molar-refractivity contribution is -0.253. The van der Waals surface area contributed by atoms with Crippen molar-refractivity contribution in [3.63, 3.8) is 0 Å². The summed E-state index contributed by atoms with van der Waals surface area (Å²) in [6.07, 6.45) is 0. The van der Waals surface area contributed by atoms with Crippen LogP contribution < -0.4 is 5.32 Å². The minimum Gasteiger partial charge on any atom is -0.349 e. The molecule has 1 fully saturated rings. The van der Waals surface area contributed by atoms with Crippen molar-refractivity contribution in [2.24, 2.45) is 0 Å². The van der Waals surface area contributed by atoms with Crippen LogP contribution in [0.3, 0.4) is 0 Å². The molecule has 5 heteroatoms. The molecule has 0 aromatic heterocycles. The molecule has 1 aromatic rings. The van der Waals surface area contributed by atoms with E-state index in [1.165, 1.54) is 12.1 Å². The number of ether oxygens (including phenoxy) is 2. The molecule has 0 spiro atoms. The third-order valence-corrected chi connectivity index (χ3v) is 3.63. The van der Waals surface area contributed by atoms with Crippen LogP contribution in [0.1, 0.15) is 19.4 Å². The van der Waals surface area contributed by atoms with Crippen molar-refractivity contribution >= 4 is 15.9 Å². The van der Waals surface area contributed by atoms with Gasteiger partial charge in [-0.1, -0.05) is 15.9 Å². The highest BCUT2D eigenvalue weighted by atomic mass is 79.9. The highest BCUT2D eigenvalue weighted by Crippen LogP contribution is 2.19. The molecule has 1 aliphatic heterocycles. The summed E-state index contributed by atoms with van der Waals surface area (Å²) in [7, 11) is 0. The van der Waals surface area contributed by atoms with Gasteiger partial charge in [-0.15, -0.1) is 0 Å². The molecule has 1 saturated heterocycles. The molecule has 100 valence electrons. The minimum atomic E-state index is -0.502. The van der Waals surface area contributed by atoms with Gasteiger partial charge in [0.25, 0.3) is 0 Å². The van der Waals surface area contributed by atoms with Crippen molar-refractivity contribution < 1.29 is 13.9 Å². The highest BCUT2D eigenvalue weighted by Gasteiger charge is 2.27. The molecule has 1 aromatic carbocycles. The van der Waals surface area contributed by atoms with Gasteiger partial charge >= 0.3 is 0 Å². The monoisotopic (exact) mass is 317 g/mol. The van der Waals surface area contributed by atoms with Gasteiger partial charge < -0.3 is 14.8 Å². The van der Waals surface area contributed by atoms with E-state index in [0.29, 0.717) is 19.8 Å². The van der Waals surface area contributed by atoms with Gasteiger partial charge in [0, 0.05) is 11.0 Å². The number of hydrogen-bond acceptors (Lipinski definition) is 3. The van der Waals surface area contributed by atoms with Gasteiger partial charge in [-0.05, 0) is 37.6 Å². The Labute approximate surface area is 115 Å². The standard InChI is InChI=1S/C13H17BrFNO2/c1-13(2)17-7-11(8-18-13)16-6-9-5-10(15)3-4-12(9)14/h3-5,11,16H,6-8H2,1-2H3. The van der Waals surface area contributed by atoms with E-state index in [1.807, 2.05) is 13.8 Å². The molecule has 0 amide bonds. The number of benzene rings is 1. The fourth-order valence-electron chi connectivity index (χ4n) is 1.74. The van der Waals surface area contributed by atoms with Crippen LogP contribution in [0.5, 0.6) is 0 Å². The van der Waals surface area contributed by atoms with E-state index in [-0.39, 0.29) is 11.9 Å². The first kappa shape index (κ1) is 13.9. The second kappa shape index (κ2) is 5.65. The average Bonchev–Trinajstić information content (AvgIpc) is 2.32. The molecule has 2 rings (SSSR count). The van der Waals surface area contributed by atoms with Crippen molar-refractivity contribution in [3.8, 4) is 0 Å². The first-order valence-corrected chi connectivity index (χ1v) is 6.71. The third-order valence-electron chi connectivity index (χ3n) is 2.85. The fourth-order valence-corrected chi connectivity index (χ4v) is 2.13. The van der Waals surface area contributed by atoms with Crippen LogP contribution >= 0.6 is 15.9 Å². The predicted octanol–water partition coefficient (Wildman–Crippen LogP) is 2.83. The molecule has 0 aliphatic carbocycles. The number of hydrogen-bond donors (Lipinski definition) is 1.